The van der Waals surface area contributed by atoms with Crippen molar-refractivity contribution in [1.82, 2.24) is 0 Å². The molecule has 5 heavy (non-hydrogen) atoms. The molecule has 0 unspecified atom stereocenters. The first-order valence-electron chi connectivity index (χ1n) is 2.01. The molecule has 0 aromatic carbocycles. The van der Waals surface area contributed by atoms with E-state index in [4.69, 9.17) is 4.74 Å². The molecule has 0 amide bonds. The minimum absolute atomic E-state index is 0.565. The SMILES string of the molecule is C[C@@H]1CCO1. The summed E-state index contributed by atoms with van der Waals surface area (Å²) < 4.78 is 4.93. The normalized spacial score (nSPS) is 36.6. The largest absolute Gasteiger partial charge is 0.378 e. The van der Waals surface area contributed by atoms with Gasteiger partial charge < -0.3 is 4.74 Å². The minimum atomic E-state index is 0.565. The van der Waals surface area contributed by atoms with Crippen LogP contribution >= 0.6 is 0 Å². The van der Waals surface area contributed by atoms with Gasteiger partial charge in [0.2, 0.25) is 0 Å². The maximum Gasteiger partial charge on any atom is 0.0568 e. The molecule has 0 saturated carbocycles. The Labute approximate surface area is 31.9 Å². The van der Waals surface area contributed by atoms with Gasteiger partial charge in [0.05, 0.1) is 6.10 Å². The number of hydrogen-bond acceptors (Lipinski definition) is 1. The van der Waals surface area contributed by atoms with E-state index in [-0.39, 0.29) is 0 Å². The van der Waals surface area contributed by atoms with Crippen molar-refractivity contribution in [2.24, 2.45) is 0 Å². The minimum Gasteiger partial charge on any atom is -0.378 e. The highest BCUT2D eigenvalue weighted by Crippen LogP contribution is 2.07. The molecule has 1 fully saturated rings. The van der Waals surface area contributed by atoms with Crippen LogP contribution in [0.25, 0.3) is 0 Å². The zero-order valence-electron chi connectivity index (χ0n) is 3.40. The van der Waals surface area contributed by atoms with E-state index in [1.165, 1.54) is 6.42 Å². The molecular formula is C4H8O. The first kappa shape index (κ1) is 3.16. The lowest BCUT2D eigenvalue weighted by molar-refractivity contribution is -0.0375. The van der Waals surface area contributed by atoms with Crippen molar-refractivity contribution in [2.45, 2.75) is 19.4 Å². The van der Waals surface area contributed by atoms with Crippen LogP contribution in [0.3, 0.4) is 0 Å². The van der Waals surface area contributed by atoms with Gasteiger partial charge in [0.15, 0.2) is 0 Å². The maximum atomic E-state index is 4.93. The molecule has 0 aliphatic carbocycles. The Morgan fingerprint density at radius 1 is 1.80 bits per heavy atom. The van der Waals surface area contributed by atoms with Crippen LogP contribution in [0, 0.1) is 0 Å². The fourth-order valence-electron chi connectivity index (χ4n) is 0.354. The van der Waals surface area contributed by atoms with E-state index in [1.54, 1.807) is 0 Å². The highest BCUT2D eigenvalue weighted by molar-refractivity contribution is 4.57. The maximum absolute atomic E-state index is 4.93. The average Bonchev–Trinajstić information content (AvgIpc) is 1.30. The number of ether oxygens (including phenoxy) is 1. The molecule has 1 heterocycles. The van der Waals surface area contributed by atoms with Gasteiger partial charge in [-0.15, -0.1) is 0 Å². The van der Waals surface area contributed by atoms with Gasteiger partial charge in [0.1, 0.15) is 0 Å². The standard InChI is InChI=1S/C4H8O/c1-4-2-3-5-4/h4H,2-3H2,1H3/t4-/m1/s1. The zero-order valence-corrected chi connectivity index (χ0v) is 3.40. The van der Waals surface area contributed by atoms with E-state index >= 15 is 0 Å². The summed E-state index contributed by atoms with van der Waals surface area (Å²) in [4.78, 5) is 0. The van der Waals surface area contributed by atoms with Crippen LogP contribution in [0.2, 0.25) is 0 Å². The number of rotatable bonds is 0. The Kier molecular flexibility index (Phi) is 0.618. The molecule has 1 heteroatoms. The summed E-state index contributed by atoms with van der Waals surface area (Å²) in [5.74, 6) is 0. The summed E-state index contributed by atoms with van der Waals surface area (Å²) in [6.07, 6.45) is 1.83. The molecule has 0 bridgehead atoms. The van der Waals surface area contributed by atoms with Crippen LogP contribution in [-0.4, -0.2) is 12.7 Å². The molecule has 1 nitrogen and oxygen atoms in total. The predicted molar refractivity (Wildman–Crippen MR) is 20.0 cm³/mol. The molecule has 30 valence electrons. The summed E-state index contributed by atoms with van der Waals surface area (Å²) in [6.45, 7) is 3.07. The summed E-state index contributed by atoms with van der Waals surface area (Å²) >= 11 is 0. The Morgan fingerprint density at radius 3 is 2.20 bits per heavy atom. The molecule has 1 atom stereocenters. The summed E-state index contributed by atoms with van der Waals surface area (Å²) in [7, 11) is 0. The van der Waals surface area contributed by atoms with E-state index in [0.717, 1.165) is 6.61 Å². The summed E-state index contributed by atoms with van der Waals surface area (Å²) in [5, 5.41) is 0. The van der Waals surface area contributed by atoms with Crippen molar-refractivity contribution in [3.63, 3.8) is 0 Å². The second kappa shape index (κ2) is 0.977. The molecule has 1 rings (SSSR count). The van der Waals surface area contributed by atoms with Crippen molar-refractivity contribution < 1.29 is 4.74 Å². The van der Waals surface area contributed by atoms with Crippen molar-refractivity contribution in [3.05, 3.63) is 0 Å². The van der Waals surface area contributed by atoms with E-state index in [1.807, 2.05) is 0 Å². The number of hydrogen-bond donors (Lipinski definition) is 0. The Bertz CT molecular complexity index is 30.6. The second-order valence-electron chi connectivity index (χ2n) is 1.47. The highest BCUT2D eigenvalue weighted by atomic mass is 16.5. The first-order valence-corrected chi connectivity index (χ1v) is 2.01. The first-order chi connectivity index (χ1) is 2.39. The Balaban J connectivity index is 2.08. The van der Waals surface area contributed by atoms with E-state index in [2.05, 4.69) is 6.92 Å². The van der Waals surface area contributed by atoms with Crippen molar-refractivity contribution in [2.75, 3.05) is 6.61 Å². The van der Waals surface area contributed by atoms with E-state index in [0.29, 0.717) is 6.10 Å². The van der Waals surface area contributed by atoms with Crippen LogP contribution in [0.5, 0.6) is 0 Å². The van der Waals surface area contributed by atoms with E-state index < -0.39 is 0 Å². The third-order valence-electron chi connectivity index (χ3n) is 0.927. The van der Waals surface area contributed by atoms with Crippen LogP contribution in [0.4, 0.5) is 0 Å². The Morgan fingerprint density at radius 2 is 2.20 bits per heavy atom. The van der Waals surface area contributed by atoms with Crippen molar-refractivity contribution >= 4 is 0 Å². The van der Waals surface area contributed by atoms with Crippen LogP contribution in [-0.2, 0) is 4.74 Å². The molecular weight excluding hydrogens is 64.0 g/mol. The molecule has 1 aliphatic rings. The lowest BCUT2D eigenvalue weighted by Crippen LogP contribution is -2.22. The highest BCUT2D eigenvalue weighted by Gasteiger charge is 2.09. The average molecular weight is 72.1 g/mol. The quantitative estimate of drug-likeness (QED) is 0.411. The molecule has 0 aromatic heterocycles. The fraction of sp³-hybridized carbons (Fsp3) is 1.00. The molecule has 1 saturated heterocycles. The predicted octanol–water partition coefficient (Wildman–Crippen LogP) is 0.795. The van der Waals surface area contributed by atoms with E-state index in [9.17, 15) is 0 Å². The lowest BCUT2D eigenvalue weighted by atomic mass is 10.2. The van der Waals surface area contributed by atoms with Crippen LogP contribution in [0.15, 0.2) is 0 Å². The van der Waals surface area contributed by atoms with Gasteiger partial charge in [0.25, 0.3) is 0 Å². The topological polar surface area (TPSA) is 9.23 Å². The third-order valence-corrected chi connectivity index (χ3v) is 0.927. The zero-order chi connectivity index (χ0) is 3.70. The van der Waals surface area contributed by atoms with Gasteiger partial charge in [-0.05, 0) is 13.3 Å². The van der Waals surface area contributed by atoms with Gasteiger partial charge >= 0.3 is 0 Å². The molecule has 1 aliphatic heterocycles. The molecule has 0 spiro atoms. The smallest absolute Gasteiger partial charge is 0.0568 e. The third kappa shape index (κ3) is 0.428. The van der Waals surface area contributed by atoms with Gasteiger partial charge in [-0.2, -0.15) is 0 Å². The van der Waals surface area contributed by atoms with Gasteiger partial charge in [0, 0.05) is 6.61 Å². The van der Waals surface area contributed by atoms with Gasteiger partial charge in [-0.3, -0.25) is 0 Å². The molecule has 0 radical (unpaired) electrons. The summed E-state index contributed by atoms with van der Waals surface area (Å²) in [6, 6.07) is 0. The monoisotopic (exact) mass is 72.1 g/mol. The van der Waals surface area contributed by atoms with Crippen LogP contribution in [0.1, 0.15) is 13.3 Å². The Hall–Kier alpha value is -0.0400. The van der Waals surface area contributed by atoms with Crippen molar-refractivity contribution in [3.8, 4) is 0 Å². The fourth-order valence-corrected chi connectivity index (χ4v) is 0.354. The lowest BCUT2D eigenvalue weighted by Gasteiger charge is -2.20. The van der Waals surface area contributed by atoms with Crippen molar-refractivity contribution in [1.29, 1.82) is 0 Å². The molecule has 0 N–H and O–H groups in total. The van der Waals surface area contributed by atoms with Gasteiger partial charge in [-0.25, -0.2) is 0 Å². The van der Waals surface area contributed by atoms with Crippen LogP contribution < -0.4 is 0 Å². The summed E-state index contributed by atoms with van der Waals surface area (Å²) in [5.41, 5.74) is 0. The van der Waals surface area contributed by atoms with Gasteiger partial charge in [-0.1, -0.05) is 0 Å². The molecule has 0 aromatic rings. The second-order valence-corrected chi connectivity index (χ2v) is 1.47.